The zero-order chi connectivity index (χ0) is 19.1. The molecule has 2 aromatic rings. The molecule has 10 heteroatoms. The van der Waals surface area contributed by atoms with Gasteiger partial charge in [0.05, 0.1) is 29.0 Å². The Kier molecular flexibility index (Phi) is 4.39. The molecule has 0 bridgehead atoms. The van der Waals surface area contributed by atoms with Crippen molar-refractivity contribution in [3.63, 3.8) is 0 Å². The van der Waals surface area contributed by atoms with Gasteiger partial charge >= 0.3 is 0 Å². The fourth-order valence-electron chi connectivity index (χ4n) is 3.04. The lowest BCUT2D eigenvalue weighted by atomic mass is 9.87. The molecule has 1 aromatic carbocycles. The molecule has 1 amide bonds. The Bertz CT molecular complexity index is 892. The van der Waals surface area contributed by atoms with Crippen LogP contribution < -0.4 is 11.1 Å². The number of primary amides is 1. The van der Waals surface area contributed by atoms with Gasteiger partial charge in [0.1, 0.15) is 11.4 Å². The molecule has 0 aliphatic carbocycles. The summed E-state index contributed by atoms with van der Waals surface area (Å²) in [6.07, 6.45) is 1.38. The van der Waals surface area contributed by atoms with Crippen LogP contribution in [0.5, 0.6) is 0 Å². The Labute approximate surface area is 150 Å². The van der Waals surface area contributed by atoms with Crippen molar-refractivity contribution in [1.82, 2.24) is 9.78 Å². The van der Waals surface area contributed by atoms with E-state index in [1.807, 2.05) is 0 Å². The normalized spacial score (nSPS) is 25.4. The van der Waals surface area contributed by atoms with Crippen LogP contribution in [0.25, 0.3) is 0 Å². The van der Waals surface area contributed by atoms with Gasteiger partial charge in [-0.1, -0.05) is 0 Å². The van der Waals surface area contributed by atoms with Crippen molar-refractivity contribution in [1.29, 1.82) is 5.26 Å². The van der Waals surface area contributed by atoms with E-state index in [-0.39, 0.29) is 22.9 Å². The maximum absolute atomic E-state index is 13.0. The molecule has 0 radical (unpaired) electrons. The van der Waals surface area contributed by atoms with Crippen molar-refractivity contribution in [2.45, 2.75) is 13.0 Å². The first-order valence-electron chi connectivity index (χ1n) is 7.70. The summed E-state index contributed by atoms with van der Waals surface area (Å²) in [5.74, 6) is -1.09. The predicted octanol–water partition coefficient (Wildman–Crippen LogP) is 2.70. The highest BCUT2D eigenvalue weighted by Gasteiger charge is 2.49. The zero-order valence-corrected chi connectivity index (χ0v) is 14.7. The van der Waals surface area contributed by atoms with Gasteiger partial charge in [0.2, 0.25) is 0 Å². The molecule has 0 spiro atoms. The van der Waals surface area contributed by atoms with Gasteiger partial charge in [0, 0.05) is 11.9 Å². The lowest BCUT2D eigenvalue weighted by molar-refractivity contribution is 0.100. The summed E-state index contributed by atoms with van der Waals surface area (Å²) < 4.78 is 34.5. The maximum Gasteiger partial charge on any atom is 0.254 e. The number of nitrogens with zero attached hydrogens (tertiary/aromatic N) is 3. The molecule has 1 aliphatic rings. The van der Waals surface area contributed by atoms with E-state index < -0.39 is 33.8 Å². The number of hydrogen-bond donors (Lipinski definition) is 4. The second-order valence-electron chi connectivity index (χ2n) is 6.53. The van der Waals surface area contributed by atoms with E-state index in [0.29, 0.717) is 5.69 Å². The average molecular weight is 379 g/mol. The standard InChI is InChI=1S/C16H18FN5O3S/c1-16(8-18)9-26(24,25)7-13(16)22-6-12(14(19)23)15(21-22)20-11-4-2-10(17)3-5-11/h2-6,13,24-25H,7,9H2,1H3,(H2,19,23)(H,20,21)/t13-,16-/m0/s1. The van der Waals surface area contributed by atoms with Gasteiger partial charge < -0.3 is 11.1 Å². The van der Waals surface area contributed by atoms with E-state index >= 15 is 0 Å². The molecule has 1 aromatic heterocycles. The van der Waals surface area contributed by atoms with Crippen molar-refractivity contribution in [2.24, 2.45) is 11.1 Å². The van der Waals surface area contributed by atoms with Crippen molar-refractivity contribution in [3.8, 4) is 6.07 Å². The number of nitriles is 1. The second-order valence-corrected chi connectivity index (χ2v) is 8.75. The second kappa shape index (κ2) is 6.28. The molecule has 0 unspecified atom stereocenters. The van der Waals surface area contributed by atoms with Crippen molar-refractivity contribution >= 4 is 28.0 Å². The van der Waals surface area contributed by atoms with E-state index in [2.05, 4.69) is 16.5 Å². The third kappa shape index (κ3) is 3.37. The first-order valence-corrected chi connectivity index (χ1v) is 9.58. The smallest absolute Gasteiger partial charge is 0.254 e. The summed E-state index contributed by atoms with van der Waals surface area (Å²) in [5, 5.41) is 16.7. The highest BCUT2D eigenvalue weighted by Crippen LogP contribution is 2.58. The molecule has 138 valence electrons. The summed E-state index contributed by atoms with van der Waals surface area (Å²) in [5.41, 5.74) is 4.94. The van der Waals surface area contributed by atoms with Crippen LogP contribution in [0, 0.1) is 22.6 Å². The number of nitrogens with two attached hydrogens (primary N) is 1. The lowest BCUT2D eigenvalue weighted by Crippen LogP contribution is -2.27. The number of carbonyl (C=O) groups excluding carboxylic acids is 1. The molecular formula is C16H18FN5O3S. The summed E-state index contributed by atoms with van der Waals surface area (Å²) in [6, 6.07) is 6.95. The zero-order valence-electron chi connectivity index (χ0n) is 13.9. The number of aromatic nitrogens is 2. The van der Waals surface area contributed by atoms with Gasteiger partial charge in [-0.15, -0.1) is 0 Å². The minimum atomic E-state index is -2.91. The minimum absolute atomic E-state index is 0.0348. The number of anilines is 2. The van der Waals surface area contributed by atoms with Crippen LogP contribution in [0.4, 0.5) is 15.9 Å². The van der Waals surface area contributed by atoms with Gasteiger partial charge in [-0.3, -0.25) is 18.6 Å². The van der Waals surface area contributed by atoms with Crippen molar-refractivity contribution < 1.29 is 18.3 Å². The van der Waals surface area contributed by atoms with E-state index in [0.717, 1.165) is 0 Å². The Hall–Kier alpha value is -2.61. The molecule has 1 fully saturated rings. The summed E-state index contributed by atoms with van der Waals surface area (Å²) >= 11 is 0. The third-order valence-electron chi connectivity index (χ3n) is 4.37. The topological polar surface area (TPSA) is 137 Å². The number of benzene rings is 1. The summed E-state index contributed by atoms with van der Waals surface area (Å²) in [6.45, 7) is 1.62. The number of rotatable bonds is 4. The highest BCUT2D eigenvalue weighted by molar-refractivity contribution is 8.24. The van der Waals surface area contributed by atoms with E-state index in [4.69, 9.17) is 5.73 Å². The number of amides is 1. The molecule has 26 heavy (non-hydrogen) atoms. The van der Waals surface area contributed by atoms with Gasteiger partial charge in [0.15, 0.2) is 5.82 Å². The summed E-state index contributed by atoms with van der Waals surface area (Å²) in [4.78, 5) is 11.8. The average Bonchev–Trinajstić information content (AvgIpc) is 3.08. The van der Waals surface area contributed by atoms with E-state index in [1.54, 1.807) is 6.92 Å². The number of nitrogens with one attached hydrogen (secondary N) is 1. The van der Waals surface area contributed by atoms with Crippen LogP contribution in [0.15, 0.2) is 30.5 Å². The molecular weight excluding hydrogens is 361 g/mol. The minimum Gasteiger partial charge on any atom is -0.365 e. The van der Waals surface area contributed by atoms with Gasteiger partial charge in [-0.2, -0.15) is 21.0 Å². The lowest BCUT2D eigenvalue weighted by Gasteiger charge is -2.26. The quantitative estimate of drug-likeness (QED) is 0.644. The predicted molar refractivity (Wildman–Crippen MR) is 95.8 cm³/mol. The van der Waals surface area contributed by atoms with Crippen LogP contribution in [0.2, 0.25) is 0 Å². The Morgan fingerprint density at radius 1 is 1.50 bits per heavy atom. The third-order valence-corrected chi connectivity index (χ3v) is 6.28. The van der Waals surface area contributed by atoms with Crippen LogP contribution in [-0.4, -0.2) is 36.3 Å². The SMILES string of the molecule is C[C@]1(C#N)CS(O)(O)C[C@@H]1n1cc(C(N)=O)c(Nc2ccc(F)cc2)n1. The molecule has 1 aliphatic heterocycles. The van der Waals surface area contributed by atoms with Crippen LogP contribution in [0.1, 0.15) is 23.3 Å². The molecule has 0 saturated carbocycles. The molecule has 2 atom stereocenters. The number of halogens is 1. The van der Waals surface area contributed by atoms with Crippen LogP contribution in [0.3, 0.4) is 0 Å². The molecule has 3 rings (SSSR count). The monoisotopic (exact) mass is 379 g/mol. The number of hydrogen-bond acceptors (Lipinski definition) is 6. The molecule has 2 heterocycles. The molecule has 5 N–H and O–H groups in total. The van der Waals surface area contributed by atoms with Crippen LogP contribution in [-0.2, 0) is 0 Å². The maximum atomic E-state index is 13.0. The van der Waals surface area contributed by atoms with Gasteiger partial charge in [-0.05, 0) is 31.2 Å². The van der Waals surface area contributed by atoms with Crippen LogP contribution >= 0.6 is 10.6 Å². The largest absolute Gasteiger partial charge is 0.365 e. The molecule has 1 saturated heterocycles. The fourth-order valence-corrected chi connectivity index (χ4v) is 5.40. The van der Waals surface area contributed by atoms with E-state index in [1.165, 1.54) is 35.1 Å². The van der Waals surface area contributed by atoms with Crippen molar-refractivity contribution in [3.05, 3.63) is 41.8 Å². The first kappa shape index (κ1) is 18.2. The van der Waals surface area contributed by atoms with E-state index in [9.17, 15) is 23.6 Å². The van der Waals surface area contributed by atoms with Gasteiger partial charge in [-0.25, -0.2) is 4.39 Å². The Balaban J connectivity index is 1.98. The highest BCUT2D eigenvalue weighted by atomic mass is 32.3. The Morgan fingerprint density at radius 2 is 2.15 bits per heavy atom. The summed E-state index contributed by atoms with van der Waals surface area (Å²) in [7, 11) is -2.91. The first-order chi connectivity index (χ1) is 12.1. The fraction of sp³-hybridized carbons (Fsp3) is 0.312. The number of carbonyl (C=O) groups is 1. The Morgan fingerprint density at radius 3 is 2.73 bits per heavy atom. The van der Waals surface area contributed by atoms with Gasteiger partial charge in [0.25, 0.3) is 5.91 Å². The van der Waals surface area contributed by atoms with Crippen molar-refractivity contribution in [2.75, 3.05) is 16.8 Å². The molecule has 8 nitrogen and oxygen atoms in total.